The lowest BCUT2D eigenvalue weighted by atomic mass is 9.83. The smallest absolute Gasteiger partial charge is 0.172 e. The zero-order valence-corrected chi connectivity index (χ0v) is 20.5. The van der Waals surface area contributed by atoms with Crippen molar-refractivity contribution in [3.05, 3.63) is 63.4 Å². The van der Waals surface area contributed by atoms with Gasteiger partial charge in [0.05, 0.1) is 23.9 Å². The number of allylic oxidation sites excluding steroid dienone is 1. The van der Waals surface area contributed by atoms with E-state index in [1.165, 1.54) is 0 Å². The second kappa shape index (κ2) is 7.95. The maximum absolute atomic E-state index is 10.5. The quantitative estimate of drug-likeness (QED) is 0.220. The van der Waals surface area contributed by atoms with Gasteiger partial charge in [-0.2, -0.15) is 0 Å². The summed E-state index contributed by atoms with van der Waals surface area (Å²) in [4.78, 5) is 0.925. The second-order valence-corrected chi connectivity index (χ2v) is 10.0. The zero-order valence-electron chi connectivity index (χ0n) is 19.7. The second-order valence-electron chi connectivity index (χ2n) is 9.07. The van der Waals surface area contributed by atoms with Crippen molar-refractivity contribution in [1.29, 1.82) is 0 Å². The van der Waals surface area contributed by atoms with Gasteiger partial charge in [0.25, 0.3) is 0 Å². The standard InChI is InChI=1S/C27H26N2O4S/c1-14-13-27(3,4)28-18-7-6-17-24(23(14)18)21(12-22-16(10-11-34-22)15(2)29-31)33-20-9-8-19(30)26(32-5)25(17)20/h6-13,28,30-31H,1-5H3/b21-12-,29-15-. The van der Waals surface area contributed by atoms with E-state index in [9.17, 15) is 10.3 Å². The molecule has 3 N–H and O–H groups in total. The summed E-state index contributed by atoms with van der Waals surface area (Å²) in [5.74, 6) is 1.71. The van der Waals surface area contributed by atoms with Crippen LogP contribution in [0, 0.1) is 0 Å². The van der Waals surface area contributed by atoms with Gasteiger partial charge in [-0.15, -0.1) is 11.3 Å². The molecule has 3 heterocycles. The highest BCUT2D eigenvalue weighted by molar-refractivity contribution is 7.11. The molecule has 3 aromatic rings. The van der Waals surface area contributed by atoms with E-state index in [2.05, 4.69) is 43.4 Å². The number of anilines is 1. The largest absolute Gasteiger partial charge is 0.504 e. The number of methoxy groups -OCH3 is 1. The molecule has 1 aromatic heterocycles. The van der Waals surface area contributed by atoms with Gasteiger partial charge in [-0.05, 0) is 69.0 Å². The van der Waals surface area contributed by atoms with Crippen molar-refractivity contribution in [2.45, 2.75) is 33.2 Å². The molecule has 174 valence electrons. The molecule has 0 spiro atoms. The Hall–Kier alpha value is -3.71. The molecular formula is C27H26N2O4S. The fourth-order valence-electron chi connectivity index (χ4n) is 4.85. The van der Waals surface area contributed by atoms with Crippen molar-refractivity contribution in [3.8, 4) is 28.4 Å². The van der Waals surface area contributed by atoms with E-state index < -0.39 is 0 Å². The average molecular weight is 475 g/mol. The molecule has 34 heavy (non-hydrogen) atoms. The predicted molar refractivity (Wildman–Crippen MR) is 138 cm³/mol. The molecule has 0 saturated heterocycles. The van der Waals surface area contributed by atoms with Gasteiger partial charge in [-0.25, -0.2) is 0 Å². The molecule has 2 aromatic carbocycles. The van der Waals surface area contributed by atoms with E-state index in [-0.39, 0.29) is 11.3 Å². The van der Waals surface area contributed by atoms with Gasteiger partial charge in [0.1, 0.15) is 11.5 Å². The van der Waals surface area contributed by atoms with E-state index in [1.54, 1.807) is 37.5 Å². The van der Waals surface area contributed by atoms with Gasteiger partial charge in [0.2, 0.25) is 0 Å². The number of nitrogens with zero attached hydrogens (tertiary/aromatic N) is 1. The van der Waals surface area contributed by atoms with Crippen LogP contribution in [-0.2, 0) is 0 Å². The lowest BCUT2D eigenvalue weighted by Gasteiger charge is -2.35. The number of benzene rings is 2. The summed E-state index contributed by atoms with van der Waals surface area (Å²) in [7, 11) is 1.54. The van der Waals surface area contributed by atoms with Crippen LogP contribution in [-0.4, -0.2) is 28.7 Å². The van der Waals surface area contributed by atoms with Crippen molar-refractivity contribution in [2.24, 2.45) is 5.16 Å². The van der Waals surface area contributed by atoms with Crippen LogP contribution in [0.1, 0.15) is 49.3 Å². The summed E-state index contributed by atoms with van der Waals surface area (Å²) < 4.78 is 12.1. The Morgan fingerprint density at radius 3 is 2.68 bits per heavy atom. The van der Waals surface area contributed by atoms with Crippen LogP contribution in [0.4, 0.5) is 5.69 Å². The van der Waals surface area contributed by atoms with Crippen LogP contribution < -0.4 is 14.8 Å². The van der Waals surface area contributed by atoms with Crippen LogP contribution in [0.3, 0.4) is 0 Å². The first-order valence-corrected chi connectivity index (χ1v) is 11.8. The summed E-state index contributed by atoms with van der Waals surface area (Å²) in [6.07, 6.45) is 4.20. The Labute approximate surface area is 202 Å². The molecule has 2 aliphatic rings. The molecule has 5 rings (SSSR count). The molecule has 0 aliphatic carbocycles. The monoisotopic (exact) mass is 474 g/mol. The first-order chi connectivity index (χ1) is 16.2. The maximum Gasteiger partial charge on any atom is 0.172 e. The van der Waals surface area contributed by atoms with Crippen molar-refractivity contribution in [3.63, 3.8) is 0 Å². The number of rotatable bonds is 3. The van der Waals surface area contributed by atoms with Crippen LogP contribution in [0.15, 0.2) is 46.9 Å². The Balaban J connectivity index is 1.83. The molecule has 0 bridgehead atoms. The van der Waals surface area contributed by atoms with Gasteiger partial charge in [0, 0.05) is 32.8 Å². The molecular weight excluding hydrogens is 448 g/mol. The molecule has 0 fully saturated rings. The number of nitrogens with one attached hydrogen (secondary N) is 1. The number of oxime groups is 1. The first-order valence-electron chi connectivity index (χ1n) is 11.0. The fraction of sp³-hybridized carbons (Fsp3) is 0.222. The lowest BCUT2D eigenvalue weighted by molar-refractivity contribution is 0.319. The van der Waals surface area contributed by atoms with Gasteiger partial charge >= 0.3 is 0 Å². The van der Waals surface area contributed by atoms with E-state index in [1.807, 2.05) is 23.6 Å². The van der Waals surface area contributed by atoms with Crippen LogP contribution in [0.25, 0.3) is 28.5 Å². The Bertz CT molecular complexity index is 1410. The molecule has 0 unspecified atom stereocenters. The SMILES string of the molecule is COc1c(O)ccc2c1-c1ccc3c(c1/C(=C/c1sccc1/C(C)=N\O)O2)C(C)=CC(C)(C)N3. The summed E-state index contributed by atoms with van der Waals surface area (Å²) in [5.41, 5.74) is 6.93. The number of phenolic OH excluding ortho intramolecular Hbond substituents is 1. The molecule has 0 saturated carbocycles. The van der Waals surface area contributed by atoms with Crippen molar-refractivity contribution >= 4 is 40.1 Å². The topological polar surface area (TPSA) is 83.3 Å². The van der Waals surface area contributed by atoms with Gasteiger partial charge in [0.15, 0.2) is 11.5 Å². The van der Waals surface area contributed by atoms with Gasteiger partial charge in [-0.3, -0.25) is 0 Å². The highest BCUT2D eigenvalue weighted by Crippen LogP contribution is 2.54. The third-order valence-corrected chi connectivity index (χ3v) is 7.03. The number of thiophene rings is 1. The molecule has 6 nitrogen and oxygen atoms in total. The van der Waals surface area contributed by atoms with Crippen LogP contribution in [0.2, 0.25) is 0 Å². The minimum Gasteiger partial charge on any atom is -0.504 e. The minimum atomic E-state index is -0.186. The Morgan fingerprint density at radius 1 is 1.15 bits per heavy atom. The molecule has 0 radical (unpaired) electrons. The van der Waals surface area contributed by atoms with Crippen molar-refractivity contribution in [2.75, 3.05) is 12.4 Å². The number of fused-ring (bicyclic) bond motifs is 5. The Kier molecular flexibility index (Phi) is 5.17. The van der Waals surface area contributed by atoms with E-state index >= 15 is 0 Å². The summed E-state index contributed by atoms with van der Waals surface area (Å²) in [6, 6.07) is 9.38. The molecule has 7 heteroatoms. The number of ether oxygens (including phenoxy) is 2. The third kappa shape index (κ3) is 3.44. The van der Waals surface area contributed by atoms with Crippen LogP contribution in [0.5, 0.6) is 17.2 Å². The zero-order chi connectivity index (χ0) is 24.2. The highest BCUT2D eigenvalue weighted by Gasteiger charge is 2.33. The number of aromatic hydroxyl groups is 1. The molecule has 0 amide bonds. The fourth-order valence-corrected chi connectivity index (χ4v) is 5.72. The first kappa shape index (κ1) is 22.1. The lowest BCUT2D eigenvalue weighted by Crippen LogP contribution is -2.32. The summed E-state index contributed by atoms with van der Waals surface area (Å²) in [6.45, 7) is 8.14. The van der Waals surface area contributed by atoms with Crippen molar-refractivity contribution < 1.29 is 19.8 Å². The minimum absolute atomic E-state index is 0.0581. The predicted octanol–water partition coefficient (Wildman–Crippen LogP) is 6.83. The van der Waals surface area contributed by atoms with E-state index in [0.717, 1.165) is 44.0 Å². The number of hydrogen-bond donors (Lipinski definition) is 3. The summed E-state index contributed by atoms with van der Waals surface area (Å²) in [5, 5.41) is 28.8. The normalized spacial score (nSPS) is 17.1. The molecule has 0 atom stereocenters. The number of hydrogen-bond acceptors (Lipinski definition) is 7. The van der Waals surface area contributed by atoms with Crippen LogP contribution >= 0.6 is 11.3 Å². The highest BCUT2D eigenvalue weighted by atomic mass is 32.1. The summed E-state index contributed by atoms with van der Waals surface area (Å²) >= 11 is 1.55. The number of phenols is 1. The van der Waals surface area contributed by atoms with E-state index in [0.29, 0.717) is 23.0 Å². The van der Waals surface area contributed by atoms with Gasteiger partial charge in [-0.1, -0.05) is 17.3 Å². The van der Waals surface area contributed by atoms with Crippen molar-refractivity contribution in [1.82, 2.24) is 0 Å². The Morgan fingerprint density at radius 2 is 1.94 bits per heavy atom. The molecule has 2 aliphatic heterocycles. The third-order valence-electron chi connectivity index (χ3n) is 6.17. The van der Waals surface area contributed by atoms with E-state index in [4.69, 9.17) is 9.47 Å². The maximum atomic E-state index is 10.5. The van der Waals surface area contributed by atoms with Gasteiger partial charge < -0.3 is 25.1 Å². The average Bonchev–Trinajstić information content (AvgIpc) is 3.25.